The van der Waals surface area contributed by atoms with Gasteiger partial charge in [-0.1, -0.05) is 12.1 Å². The smallest absolute Gasteiger partial charge is 0.271 e. The van der Waals surface area contributed by atoms with E-state index in [1.165, 1.54) is 6.20 Å². The van der Waals surface area contributed by atoms with Crippen LogP contribution in [0, 0.1) is 11.3 Å². The first-order valence-electron chi connectivity index (χ1n) is 9.61. The summed E-state index contributed by atoms with van der Waals surface area (Å²) in [7, 11) is 0. The predicted molar refractivity (Wildman–Crippen MR) is 108 cm³/mol. The fraction of sp³-hybridized carbons (Fsp3) is 0.261. The van der Waals surface area contributed by atoms with Gasteiger partial charge in [0.05, 0.1) is 11.6 Å². The van der Waals surface area contributed by atoms with Crippen molar-refractivity contribution in [1.82, 2.24) is 15.3 Å². The van der Waals surface area contributed by atoms with E-state index < -0.39 is 5.54 Å². The zero-order valence-corrected chi connectivity index (χ0v) is 15.9. The molecule has 4 rings (SSSR count). The highest BCUT2D eigenvalue weighted by molar-refractivity contribution is 5.93. The standard InChI is InChI=1S/C23H20N4O2/c24-15-23(7-2-8-23)27-22(29)21-14-17(6-10-26-21)13-19(28)12-16-4-5-20-18(11-16)3-1-9-25-20/h1,3-6,9-11,14H,2,7-8,12-13H2,(H,27,29). The maximum Gasteiger partial charge on any atom is 0.271 e. The third kappa shape index (κ3) is 4.14. The summed E-state index contributed by atoms with van der Waals surface area (Å²) in [4.78, 5) is 33.4. The maximum atomic E-state index is 12.6. The van der Waals surface area contributed by atoms with Gasteiger partial charge in [0.15, 0.2) is 0 Å². The van der Waals surface area contributed by atoms with Gasteiger partial charge in [-0.3, -0.25) is 19.6 Å². The van der Waals surface area contributed by atoms with Crippen molar-refractivity contribution >= 4 is 22.6 Å². The number of Topliss-reactive ketones (excluding diaryl/α,β-unsaturated/α-hetero) is 1. The minimum atomic E-state index is -0.768. The molecule has 6 heteroatoms. The van der Waals surface area contributed by atoms with Crippen LogP contribution in [0.5, 0.6) is 0 Å². The second kappa shape index (κ2) is 7.80. The van der Waals surface area contributed by atoms with Crippen molar-refractivity contribution in [1.29, 1.82) is 5.26 Å². The highest BCUT2D eigenvalue weighted by Gasteiger charge is 2.39. The van der Waals surface area contributed by atoms with Crippen LogP contribution in [-0.2, 0) is 17.6 Å². The molecular formula is C23H20N4O2. The second-order valence-corrected chi connectivity index (χ2v) is 7.47. The van der Waals surface area contributed by atoms with E-state index in [2.05, 4.69) is 21.4 Å². The molecule has 1 aliphatic rings. The van der Waals surface area contributed by atoms with Gasteiger partial charge in [0.1, 0.15) is 17.0 Å². The summed E-state index contributed by atoms with van der Waals surface area (Å²) >= 11 is 0. The largest absolute Gasteiger partial charge is 0.332 e. The van der Waals surface area contributed by atoms with E-state index in [4.69, 9.17) is 0 Å². The highest BCUT2D eigenvalue weighted by atomic mass is 16.2. The third-order valence-corrected chi connectivity index (χ3v) is 5.30. The normalized spacial score (nSPS) is 14.6. The number of carbonyl (C=O) groups excluding carboxylic acids is 2. The SMILES string of the molecule is N#CC1(NC(=O)c2cc(CC(=O)Cc3ccc4ncccc4c3)ccn2)CCC1. The van der Waals surface area contributed by atoms with Crippen molar-refractivity contribution in [3.63, 3.8) is 0 Å². The Labute approximate surface area is 168 Å². The topological polar surface area (TPSA) is 95.7 Å². The van der Waals surface area contributed by atoms with Crippen LogP contribution >= 0.6 is 0 Å². The zero-order valence-electron chi connectivity index (χ0n) is 15.9. The first-order chi connectivity index (χ1) is 14.1. The van der Waals surface area contributed by atoms with Gasteiger partial charge < -0.3 is 5.32 Å². The molecule has 0 unspecified atom stereocenters. The van der Waals surface area contributed by atoms with E-state index in [1.807, 2.05) is 30.3 Å². The number of pyridine rings is 2. The van der Waals surface area contributed by atoms with E-state index in [0.29, 0.717) is 19.3 Å². The molecule has 29 heavy (non-hydrogen) atoms. The molecule has 1 aromatic carbocycles. The quantitative estimate of drug-likeness (QED) is 0.704. The van der Waals surface area contributed by atoms with Crippen LogP contribution in [0.4, 0.5) is 0 Å². The van der Waals surface area contributed by atoms with Gasteiger partial charge in [-0.2, -0.15) is 5.26 Å². The molecule has 1 amide bonds. The van der Waals surface area contributed by atoms with Crippen molar-refractivity contribution in [2.75, 3.05) is 0 Å². The molecule has 2 aromatic heterocycles. The van der Waals surface area contributed by atoms with E-state index in [9.17, 15) is 14.9 Å². The van der Waals surface area contributed by atoms with Crippen LogP contribution in [0.2, 0.25) is 0 Å². The summed E-state index contributed by atoms with van der Waals surface area (Å²) in [6, 6.07) is 15.2. The summed E-state index contributed by atoms with van der Waals surface area (Å²) in [6.07, 6.45) is 6.06. The second-order valence-electron chi connectivity index (χ2n) is 7.47. The Bertz CT molecular complexity index is 1130. The van der Waals surface area contributed by atoms with Crippen LogP contribution in [0.15, 0.2) is 54.9 Å². The number of fused-ring (bicyclic) bond motifs is 1. The average molecular weight is 384 g/mol. The van der Waals surface area contributed by atoms with Gasteiger partial charge in [-0.15, -0.1) is 0 Å². The van der Waals surface area contributed by atoms with Crippen LogP contribution in [0.1, 0.15) is 40.9 Å². The van der Waals surface area contributed by atoms with Crippen molar-refractivity contribution in [3.8, 4) is 6.07 Å². The number of amides is 1. The number of aromatic nitrogens is 2. The average Bonchev–Trinajstić information content (AvgIpc) is 2.70. The number of hydrogen-bond donors (Lipinski definition) is 1. The Hall–Kier alpha value is -3.59. The summed E-state index contributed by atoms with van der Waals surface area (Å²) < 4.78 is 0. The third-order valence-electron chi connectivity index (χ3n) is 5.30. The monoisotopic (exact) mass is 384 g/mol. The molecule has 0 radical (unpaired) electrons. The Morgan fingerprint density at radius 3 is 2.55 bits per heavy atom. The number of nitriles is 1. The van der Waals surface area contributed by atoms with E-state index in [1.54, 1.807) is 18.3 Å². The molecule has 1 fully saturated rings. The summed E-state index contributed by atoms with van der Waals surface area (Å²) in [5.74, 6) is -0.319. The number of carbonyl (C=O) groups is 2. The highest BCUT2D eigenvalue weighted by Crippen LogP contribution is 2.31. The Balaban J connectivity index is 1.42. The summed E-state index contributed by atoms with van der Waals surface area (Å²) in [6.45, 7) is 0. The molecular weight excluding hydrogens is 364 g/mol. The van der Waals surface area contributed by atoms with Gasteiger partial charge in [-0.25, -0.2) is 0 Å². The molecule has 2 heterocycles. The van der Waals surface area contributed by atoms with Crippen molar-refractivity contribution in [2.45, 2.75) is 37.6 Å². The molecule has 144 valence electrons. The number of benzene rings is 1. The lowest BCUT2D eigenvalue weighted by atomic mass is 9.78. The number of nitrogens with zero attached hydrogens (tertiary/aromatic N) is 3. The lowest BCUT2D eigenvalue weighted by Crippen LogP contribution is -2.52. The van der Waals surface area contributed by atoms with Gasteiger partial charge in [0.25, 0.3) is 5.91 Å². The Kier molecular flexibility index (Phi) is 5.05. The van der Waals surface area contributed by atoms with E-state index in [0.717, 1.165) is 28.5 Å². The molecule has 0 saturated heterocycles. The van der Waals surface area contributed by atoms with Crippen molar-refractivity contribution in [2.24, 2.45) is 0 Å². The number of hydrogen-bond acceptors (Lipinski definition) is 5. The van der Waals surface area contributed by atoms with E-state index >= 15 is 0 Å². The summed E-state index contributed by atoms with van der Waals surface area (Å²) in [5.41, 5.74) is 2.03. The fourth-order valence-electron chi connectivity index (χ4n) is 3.54. The minimum absolute atomic E-state index is 0.0540. The molecule has 0 spiro atoms. The van der Waals surface area contributed by atoms with Gasteiger partial charge in [-0.05, 0) is 60.7 Å². The van der Waals surface area contributed by atoms with Crippen molar-refractivity contribution in [3.05, 3.63) is 71.7 Å². The molecule has 1 saturated carbocycles. The van der Waals surface area contributed by atoms with Crippen LogP contribution < -0.4 is 5.32 Å². The number of ketones is 1. The molecule has 1 N–H and O–H groups in total. The number of nitrogens with one attached hydrogen (secondary N) is 1. The zero-order chi connectivity index (χ0) is 20.3. The van der Waals surface area contributed by atoms with Gasteiger partial charge >= 0.3 is 0 Å². The molecule has 1 aliphatic carbocycles. The van der Waals surface area contributed by atoms with Crippen LogP contribution in [0.3, 0.4) is 0 Å². The van der Waals surface area contributed by atoms with Gasteiger partial charge in [0.2, 0.25) is 0 Å². The number of rotatable bonds is 6. The molecule has 3 aromatic rings. The molecule has 0 atom stereocenters. The predicted octanol–water partition coefficient (Wildman–Crippen LogP) is 3.16. The molecule has 6 nitrogen and oxygen atoms in total. The van der Waals surface area contributed by atoms with Crippen LogP contribution in [-0.4, -0.2) is 27.2 Å². The van der Waals surface area contributed by atoms with Gasteiger partial charge in [0, 0.05) is 30.6 Å². The minimum Gasteiger partial charge on any atom is -0.332 e. The lowest BCUT2D eigenvalue weighted by molar-refractivity contribution is -0.117. The Morgan fingerprint density at radius 1 is 1.03 bits per heavy atom. The molecule has 0 bridgehead atoms. The fourth-order valence-corrected chi connectivity index (χ4v) is 3.54. The van der Waals surface area contributed by atoms with E-state index in [-0.39, 0.29) is 23.8 Å². The first kappa shape index (κ1) is 18.8. The van der Waals surface area contributed by atoms with Crippen molar-refractivity contribution < 1.29 is 9.59 Å². The van der Waals surface area contributed by atoms with Crippen LogP contribution in [0.25, 0.3) is 10.9 Å². The summed E-state index contributed by atoms with van der Waals surface area (Å²) in [5, 5.41) is 13.1. The molecule has 0 aliphatic heterocycles. The maximum absolute atomic E-state index is 12.6. The Morgan fingerprint density at radius 2 is 1.83 bits per heavy atom. The first-order valence-corrected chi connectivity index (χ1v) is 9.61. The lowest BCUT2D eigenvalue weighted by Gasteiger charge is -2.35.